The SMILES string of the molecule is NS(=O)(=O)c1ccc2ccccc2c1-c1cccc(CNCCOc2cccc(F)c2)c1. The lowest BCUT2D eigenvalue weighted by molar-refractivity contribution is 0.312. The van der Waals surface area contributed by atoms with Crippen LogP contribution in [0.5, 0.6) is 5.75 Å². The summed E-state index contributed by atoms with van der Waals surface area (Å²) in [6.07, 6.45) is 0. The van der Waals surface area contributed by atoms with Crippen molar-refractivity contribution in [3.63, 3.8) is 0 Å². The maximum Gasteiger partial charge on any atom is 0.238 e. The monoisotopic (exact) mass is 450 g/mol. The molecular formula is C25H23FN2O3S. The predicted molar refractivity (Wildman–Crippen MR) is 124 cm³/mol. The van der Waals surface area contributed by atoms with Crippen LogP contribution >= 0.6 is 0 Å². The Morgan fingerprint density at radius 1 is 0.906 bits per heavy atom. The second-order valence-corrected chi connectivity index (χ2v) is 8.92. The van der Waals surface area contributed by atoms with E-state index in [1.54, 1.807) is 24.3 Å². The Balaban J connectivity index is 1.51. The highest BCUT2D eigenvalue weighted by Crippen LogP contribution is 2.34. The lowest BCUT2D eigenvalue weighted by atomic mass is 9.97. The molecule has 5 nitrogen and oxygen atoms in total. The van der Waals surface area contributed by atoms with E-state index in [0.29, 0.717) is 31.0 Å². The third kappa shape index (κ3) is 5.13. The molecule has 0 saturated carbocycles. The molecule has 0 aromatic heterocycles. The number of sulfonamides is 1. The minimum Gasteiger partial charge on any atom is -0.492 e. The Bertz CT molecular complexity index is 1360. The fraction of sp³-hybridized carbons (Fsp3) is 0.120. The highest BCUT2D eigenvalue weighted by Gasteiger charge is 2.18. The van der Waals surface area contributed by atoms with E-state index in [0.717, 1.165) is 21.9 Å². The van der Waals surface area contributed by atoms with E-state index >= 15 is 0 Å². The largest absolute Gasteiger partial charge is 0.492 e. The standard InChI is InChI=1S/C25H23FN2O3S/c26-21-8-4-9-22(16-21)31-14-13-28-17-18-5-3-7-20(15-18)25-23-10-2-1-6-19(23)11-12-24(25)32(27,29)30/h1-12,15-16,28H,13-14,17H2,(H2,27,29,30). The highest BCUT2D eigenvalue weighted by molar-refractivity contribution is 7.89. The Morgan fingerprint density at radius 3 is 2.53 bits per heavy atom. The number of hydrogen-bond donors (Lipinski definition) is 2. The minimum atomic E-state index is -3.90. The zero-order valence-corrected chi connectivity index (χ0v) is 18.1. The van der Waals surface area contributed by atoms with E-state index in [-0.39, 0.29) is 10.7 Å². The summed E-state index contributed by atoms with van der Waals surface area (Å²) in [5.74, 6) is 0.153. The van der Waals surface area contributed by atoms with Gasteiger partial charge in [0, 0.05) is 24.7 Å². The summed E-state index contributed by atoms with van der Waals surface area (Å²) in [6, 6.07) is 24.7. The first-order chi connectivity index (χ1) is 15.4. The van der Waals surface area contributed by atoms with Gasteiger partial charge in [0.05, 0.1) is 4.90 Å². The van der Waals surface area contributed by atoms with Crippen molar-refractivity contribution in [2.45, 2.75) is 11.4 Å². The summed E-state index contributed by atoms with van der Waals surface area (Å²) in [4.78, 5) is 0.102. The topological polar surface area (TPSA) is 81.4 Å². The molecule has 0 aliphatic carbocycles. The number of rotatable bonds is 8. The van der Waals surface area contributed by atoms with Crippen molar-refractivity contribution in [3.05, 3.63) is 96.3 Å². The molecule has 0 fully saturated rings. The van der Waals surface area contributed by atoms with Gasteiger partial charge in [0.15, 0.2) is 0 Å². The molecule has 0 amide bonds. The molecule has 164 valence electrons. The minimum absolute atomic E-state index is 0.102. The number of ether oxygens (including phenoxy) is 1. The van der Waals surface area contributed by atoms with Crippen LogP contribution in [0.2, 0.25) is 0 Å². The van der Waals surface area contributed by atoms with Gasteiger partial charge in [-0.2, -0.15) is 0 Å². The van der Waals surface area contributed by atoms with Gasteiger partial charge < -0.3 is 10.1 Å². The molecule has 0 radical (unpaired) electrons. The van der Waals surface area contributed by atoms with Gasteiger partial charge in [-0.3, -0.25) is 0 Å². The molecule has 32 heavy (non-hydrogen) atoms. The summed E-state index contributed by atoms with van der Waals surface area (Å²) in [5, 5.41) is 10.6. The van der Waals surface area contributed by atoms with Gasteiger partial charge in [0.1, 0.15) is 18.2 Å². The number of nitrogens with one attached hydrogen (secondary N) is 1. The number of halogens is 1. The van der Waals surface area contributed by atoms with E-state index < -0.39 is 10.0 Å². The predicted octanol–water partition coefficient (Wildman–Crippen LogP) is 4.46. The van der Waals surface area contributed by atoms with Crippen molar-refractivity contribution in [1.29, 1.82) is 0 Å². The van der Waals surface area contributed by atoms with Crippen LogP contribution in [-0.4, -0.2) is 21.6 Å². The van der Waals surface area contributed by atoms with Crippen LogP contribution in [-0.2, 0) is 16.6 Å². The quantitative estimate of drug-likeness (QED) is 0.388. The molecule has 0 bridgehead atoms. The van der Waals surface area contributed by atoms with Crippen LogP contribution in [0.3, 0.4) is 0 Å². The molecule has 0 unspecified atom stereocenters. The maximum absolute atomic E-state index is 13.2. The molecule has 4 aromatic rings. The first kappa shape index (κ1) is 22.0. The van der Waals surface area contributed by atoms with Gasteiger partial charge >= 0.3 is 0 Å². The van der Waals surface area contributed by atoms with E-state index in [2.05, 4.69) is 5.32 Å². The zero-order chi connectivity index (χ0) is 22.6. The van der Waals surface area contributed by atoms with Crippen molar-refractivity contribution >= 4 is 20.8 Å². The third-order valence-electron chi connectivity index (χ3n) is 5.09. The first-order valence-electron chi connectivity index (χ1n) is 10.1. The lowest BCUT2D eigenvalue weighted by Crippen LogP contribution is -2.20. The van der Waals surface area contributed by atoms with Gasteiger partial charge in [0.25, 0.3) is 0 Å². The summed E-state index contributed by atoms with van der Waals surface area (Å²) >= 11 is 0. The number of hydrogen-bond acceptors (Lipinski definition) is 4. The molecule has 0 saturated heterocycles. The van der Waals surface area contributed by atoms with Crippen LogP contribution in [0.4, 0.5) is 4.39 Å². The molecule has 4 aromatic carbocycles. The molecule has 0 aliphatic rings. The van der Waals surface area contributed by atoms with Gasteiger partial charge in [-0.1, -0.05) is 54.6 Å². The average Bonchev–Trinajstić information content (AvgIpc) is 2.78. The van der Waals surface area contributed by atoms with Gasteiger partial charge in [0.2, 0.25) is 10.0 Å². The summed E-state index contributed by atoms with van der Waals surface area (Å²) in [6.45, 7) is 1.52. The third-order valence-corrected chi connectivity index (χ3v) is 6.04. The second kappa shape index (κ2) is 9.48. The van der Waals surface area contributed by atoms with Crippen molar-refractivity contribution in [1.82, 2.24) is 5.32 Å². The Hall–Kier alpha value is -3.26. The van der Waals surface area contributed by atoms with Crippen LogP contribution in [0.1, 0.15) is 5.56 Å². The first-order valence-corrected chi connectivity index (χ1v) is 11.7. The van der Waals surface area contributed by atoms with Crippen molar-refractivity contribution < 1.29 is 17.5 Å². The van der Waals surface area contributed by atoms with E-state index in [1.165, 1.54) is 12.1 Å². The van der Waals surface area contributed by atoms with Crippen LogP contribution in [0.25, 0.3) is 21.9 Å². The molecule has 7 heteroatoms. The molecule has 0 aliphatic heterocycles. The van der Waals surface area contributed by atoms with Crippen molar-refractivity contribution in [2.75, 3.05) is 13.2 Å². The fourth-order valence-corrected chi connectivity index (χ4v) is 4.42. The molecule has 0 atom stereocenters. The summed E-state index contributed by atoms with van der Waals surface area (Å²) < 4.78 is 43.3. The Kier molecular flexibility index (Phi) is 6.50. The molecule has 3 N–H and O–H groups in total. The molecule has 0 spiro atoms. The number of fused-ring (bicyclic) bond motifs is 1. The lowest BCUT2D eigenvalue weighted by Gasteiger charge is -2.14. The van der Waals surface area contributed by atoms with E-state index in [9.17, 15) is 12.8 Å². The van der Waals surface area contributed by atoms with E-state index in [4.69, 9.17) is 9.88 Å². The second-order valence-electron chi connectivity index (χ2n) is 7.39. The molecular weight excluding hydrogens is 427 g/mol. The fourth-order valence-electron chi connectivity index (χ4n) is 3.65. The normalized spacial score (nSPS) is 11.6. The Morgan fingerprint density at radius 2 is 1.72 bits per heavy atom. The van der Waals surface area contributed by atoms with Crippen LogP contribution in [0, 0.1) is 5.82 Å². The van der Waals surface area contributed by atoms with Crippen LogP contribution < -0.4 is 15.2 Å². The maximum atomic E-state index is 13.2. The Labute approximate surface area is 186 Å². The van der Waals surface area contributed by atoms with Gasteiger partial charge in [-0.05, 0) is 46.2 Å². The molecule has 0 heterocycles. The highest BCUT2D eigenvalue weighted by atomic mass is 32.2. The zero-order valence-electron chi connectivity index (χ0n) is 17.3. The average molecular weight is 451 g/mol. The van der Waals surface area contributed by atoms with Gasteiger partial charge in [-0.25, -0.2) is 17.9 Å². The molecule has 4 rings (SSSR count). The number of benzene rings is 4. The van der Waals surface area contributed by atoms with E-state index in [1.807, 2.05) is 48.5 Å². The van der Waals surface area contributed by atoms with Gasteiger partial charge in [-0.15, -0.1) is 0 Å². The summed E-state index contributed by atoms with van der Waals surface area (Å²) in [5.41, 5.74) is 2.37. The smallest absolute Gasteiger partial charge is 0.238 e. The van der Waals surface area contributed by atoms with Crippen molar-refractivity contribution in [2.24, 2.45) is 5.14 Å². The number of nitrogens with two attached hydrogens (primary N) is 1. The van der Waals surface area contributed by atoms with Crippen LogP contribution in [0.15, 0.2) is 89.8 Å². The van der Waals surface area contributed by atoms with Crippen molar-refractivity contribution in [3.8, 4) is 16.9 Å². The number of primary sulfonamides is 1. The summed E-state index contributed by atoms with van der Waals surface area (Å²) in [7, 11) is -3.90.